The van der Waals surface area contributed by atoms with Crippen molar-refractivity contribution in [3.8, 4) is 11.5 Å². The number of ether oxygens (including phenoxy) is 2. The Balaban J connectivity index is 2.04. The molecule has 2 heterocycles. The summed E-state index contributed by atoms with van der Waals surface area (Å²) in [7, 11) is 0. The molecule has 9 heteroatoms. The molecule has 1 aliphatic heterocycles. The molecule has 0 aliphatic carbocycles. The summed E-state index contributed by atoms with van der Waals surface area (Å²) in [5, 5.41) is 23.0. The van der Waals surface area contributed by atoms with E-state index in [1.165, 1.54) is 23.0 Å². The van der Waals surface area contributed by atoms with Crippen LogP contribution < -0.4 is 9.47 Å². The Morgan fingerprint density at radius 2 is 1.90 bits per heavy atom. The predicted octanol–water partition coefficient (Wildman–Crippen LogP) is 1.41. The van der Waals surface area contributed by atoms with E-state index in [2.05, 4.69) is 15.3 Å². The fourth-order valence-electron chi connectivity index (χ4n) is 1.96. The van der Waals surface area contributed by atoms with Gasteiger partial charge >= 0.3 is 0 Å². The second-order valence-electron chi connectivity index (χ2n) is 4.37. The van der Waals surface area contributed by atoms with Gasteiger partial charge in [0, 0.05) is 0 Å². The van der Waals surface area contributed by atoms with Gasteiger partial charge in [-0.3, -0.25) is 10.1 Å². The van der Waals surface area contributed by atoms with Crippen LogP contribution in [0.2, 0.25) is 0 Å². The van der Waals surface area contributed by atoms with E-state index in [1.54, 1.807) is 13.8 Å². The SMILES string of the molecule is Cc1nnc(C)n1N=Cc1cc2c(cc1[N+](=O)[O-])OCO2. The van der Waals surface area contributed by atoms with Gasteiger partial charge in [0.15, 0.2) is 23.1 Å². The van der Waals surface area contributed by atoms with E-state index in [0.29, 0.717) is 28.7 Å². The molecule has 0 spiro atoms. The van der Waals surface area contributed by atoms with Gasteiger partial charge in [-0.25, -0.2) is 4.68 Å². The van der Waals surface area contributed by atoms with Crippen LogP contribution in [0.15, 0.2) is 17.2 Å². The Kier molecular flexibility index (Phi) is 3.01. The Labute approximate surface area is 119 Å². The molecule has 0 N–H and O–H groups in total. The highest BCUT2D eigenvalue weighted by atomic mass is 16.7. The average molecular weight is 289 g/mol. The third-order valence-electron chi connectivity index (χ3n) is 2.98. The maximum Gasteiger partial charge on any atom is 0.282 e. The standard InChI is InChI=1S/C12H11N5O4/c1-7-14-15-8(2)16(7)13-5-9-3-11-12(21-6-20-11)4-10(9)17(18)19/h3-5H,6H2,1-2H3. The minimum Gasteiger partial charge on any atom is -0.454 e. The van der Waals surface area contributed by atoms with Crippen LogP contribution in [-0.2, 0) is 0 Å². The smallest absolute Gasteiger partial charge is 0.282 e. The van der Waals surface area contributed by atoms with Gasteiger partial charge < -0.3 is 9.47 Å². The third kappa shape index (κ3) is 2.29. The molecule has 0 saturated carbocycles. The highest BCUT2D eigenvalue weighted by molar-refractivity contribution is 5.87. The molecule has 1 aromatic heterocycles. The highest BCUT2D eigenvalue weighted by Crippen LogP contribution is 2.37. The lowest BCUT2D eigenvalue weighted by Crippen LogP contribution is -1.99. The van der Waals surface area contributed by atoms with E-state index in [4.69, 9.17) is 9.47 Å². The minimum atomic E-state index is -0.491. The number of benzene rings is 1. The Hall–Kier alpha value is -2.97. The molecule has 0 atom stereocenters. The van der Waals surface area contributed by atoms with Crippen LogP contribution in [-0.4, -0.2) is 32.8 Å². The summed E-state index contributed by atoms with van der Waals surface area (Å²) in [4.78, 5) is 10.6. The molecular weight excluding hydrogens is 278 g/mol. The zero-order valence-corrected chi connectivity index (χ0v) is 11.3. The summed E-state index contributed by atoms with van der Waals surface area (Å²) in [6, 6.07) is 2.86. The number of nitrogens with zero attached hydrogens (tertiary/aromatic N) is 5. The first-order chi connectivity index (χ1) is 10.1. The van der Waals surface area contributed by atoms with Gasteiger partial charge in [-0.2, -0.15) is 5.10 Å². The summed E-state index contributed by atoms with van der Waals surface area (Å²) in [5.41, 5.74) is 0.211. The molecule has 0 saturated heterocycles. The van der Waals surface area contributed by atoms with Gasteiger partial charge in [0.05, 0.1) is 22.8 Å². The zero-order chi connectivity index (χ0) is 15.0. The summed E-state index contributed by atoms with van der Waals surface area (Å²) < 4.78 is 11.9. The molecule has 1 aromatic carbocycles. The van der Waals surface area contributed by atoms with Crippen molar-refractivity contribution in [1.82, 2.24) is 14.9 Å². The minimum absolute atomic E-state index is 0.0523. The Morgan fingerprint density at radius 1 is 1.29 bits per heavy atom. The molecule has 0 fully saturated rings. The van der Waals surface area contributed by atoms with Crippen molar-refractivity contribution < 1.29 is 14.4 Å². The fraction of sp³-hybridized carbons (Fsp3) is 0.250. The monoisotopic (exact) mass is 289 g/mol. The van der Waals surface area contributed by atoms with Crippen LogP contribution >= 0.6 is 0 Å². The number of nitro groups is 1. The second kappa shape index (κ2) is 4.85. The number of nitro benzene ring substituents is 1. The quantitative estimate of drug-likeness (QED) is 0.480. The molecule has 21 heavy (non-hydrogen) atoms. The lowest BCUT2D eigenvalue weighted by molar-refractivity contribution is -0.385. The van der Waals surface area contributed by atoms with E-state index in [0.717, 1.165) is 0 Å². The Bertz CT molecular complexity index is 733. The summed E-state index contributed by atoms with van der Waals surface area (Å²) in [6.45, 7) is 3.54. The van der Waals surface area contributed by atoms with Gasteiger partial charge in [0.25, 0.3) is 5.69 Å². The van der Waals surface area contributed by atoms with Crippen LogP contribution in [0.3, 0.4) is 0 Å². The molecule has 2 aromatic rings. The van der Waals surface area contributed by atoms with E-state index < -0.39 is 4.92 Å². The lowest BCUT2D eigenvalue weighted by atomic mass is 10.1. The topological polar surface area (TPSA) is 105 Å². The predicted molar refractivity (Wildman–Crippen MR) is 71.7 cm³/mol. The highest BCUT2D eigenvalue weighted by Gasteiger charge is 2.22. The molecule has 0 unspecified atom stereocenters. The van der Waals surface area contributed by atoms with Crippen LogP contribution in [0.25, 0.3) is 0 Å². The van der Waals surface area contributed by atoms with Crippen molar-refractivity contribution >= 4 is 11.9 Å². The molecule has 0 radical (unpaired) electrons. The maximum absolute atomic E-state index is 11.1. The first-order valence-electron chi connectivity index (χ1n) is 6.07. The number of aryl methyl sites for hydroxylation is 2. The van der Waals surface area contributed by atoms with Crippen molar-refractivity contribution in [2.45, 2.75) is 13.8 Å². The van der Waals surface area contributed by atoms with E-state index in [-0.39, 0.29) is 12.5 Å². The molecule has 9 nitrogen and oxygen atoms in total. The molecule has 0 bridgehead atoms. The summed E-state index contributed by atoms with van der Waals surface area (Å²) in [5.74, 6) is 1.99. The number of aromatic nitrogens is 3. The molecular formula is C12H11N5O4. The van der Waals surface area contributed by atoms with Gasteiger partial charge in [-0.15, -0.1) is 10.2 Å². The second-order valence-corrected chi connectivity index (χ2v) is 4.37. The van der Waals surface area contributed by atoms with E-state index in [1.807, 2.05) is 0 Å². The maximum atomic E-state index is 11.1. The van der Waals surface area contributed by atoms with Crippen molar-refractivity contribution in [1.29, 1.82) is 0 Å². The number of rotatable bonds is 3. The zero-order valence-electron chi connectivity index (χ0n) is 11.3. The Morgan fingerprint density at radius 3 is 2.52 bits per heavy atom. The van der Waals surface area contributed by atoms with Crippen molar-refractivity contribution in [2.24, 2.45) is 5.10 Å². The fourth-order valence-corrected chi connectivity index (χ4v) is 1.96. The largest absolute Gasteiger partial charge is 0.454 e. The number of hydrogen-bond acceptors (Lipinski definition) is 7. The first-order valence-corrected chi connectivity index (χ1v) is 6.07. The van der Waals surface area contributed by atoms with Crippen molar-refractivity contribution in [3.05, 3.63) is 39.5 Å². The van der Waals surface area contributed by atoms with Crippen LogP contribution in [0.4, 0.5) is 5.69 Å². The van der Waals surface area contributed by atoms with Crippen LogP contribution in [0.5, 0.6) is 11.5 Å². The van der Waals surface area contributed by atoms with Crippen molar-refractivity contribution in [3.63, 3.8) is 0 Å². The van der Waals surface area contributed by atoms with Gasteiger partial charge in [0.1, 0.15) is 0 Å². The number of fused-ring (bicyclic) bond motifs is 1. The molecule has 3 rings (SSSR count). The molecule has 1 aliphatic rings. The van der Waals surface area contributed by atoms with E-state index in [9.17, 15) is 10.1 Å². The number of hydrogen-bond donors (Lipinski definition) is 0. The molecule has 108 valence electrons. The summed E-state index contributed by atoms with van der Waals surface area (Å²) in [6.07, 6.45) is 1.38. The summed E-state index contributed by atoms with van der Waals surface area (Å²) >= 11 is 0. The van der Waals surface area contributed by atoms with Crippen LogP contribution in [0.1, 0.15) is 17.2 Å². The van der Waals surface area contributed by atoms with Gasteiger partial charge in [-0.05, 0) is 19.9 Å². The van der Waals surface area contributed by atoms with Gasteiger partial charge in [-0.1, -0.05) is 0 Å². The average Bonchev–Trinajstić information content (AvgIpc) is 3.02. The van der Waals surface area contributed by atoms with Gasteiger partial charge in [0.2, 0.25) is 6.79 Å². The molecule has 0 amide bonds. The first kappa shape index (κ1) is 13.0. The van der Waals surface area contributed by atoms with Crippen LogP contribution in [0, 0.1) is 24.0 Å². The lowest BCUT2D eigenvalue weighted by Gasteiger charge is -2.01. The third-order valence-corrected chi connectivity index (χ3v) is 2.98. The van der Waals surface area contributed by atoms with E-state index >= 15 is 0 Å². The normalized spacial score (nSPS) is 13.0. The van der Waals surface area contributed by atoms with Crippen molar-refractivity contribution in [2.75, 3.05) is 6.79 Å².